The Balaban J connectivity index is 2.30. The Morgan fingerprint density at radius 3 is 2.36 bits per heavy atom. The first-order valence-electron chi connectivity index (χ1n) is 7.33. The number of benzene rings is 1. The number of hydrogen-bond acceptors (Lipinski definition) is 5. The van der Waals surface area contributed by atoms with E-state index >= 15 is 0 Å². The van der Waals surface area contributed by atoms with E-state index < -0.39 is 38.9 Å². The Kier molecular flexibility index (Phi) is 5.21. The number of anilines is 1. The number of amides is 1. The van der Waals surface area contributed by atoms with Gasteiger partial charge in [-0.25, -0.2) is 17.2 Å². The number of sulfone groups is 1. The molecule has 136 valence electrons. The standard InChI is InChI=1S/C15H18F2N4O3S/c1-8-5-6-11(9(2)7-8)18-14(22)10(3)21-19-12(13(16)17)15(20-21)25(4,23)24/h5-7,10,13H,1-4H3,(H,18,22). The van der Waals surface area contributed by atoms with Crippen LogP contribution in [0.15, 0.2) is 23.2 Å². The van der Waals surface area contributed by atoms with Crippen molar-refractivity contribution in [2.24, 2.45) is 0 Å². The quantitative estimate of drug-likeness (QED) is 0.870. The second-order valence-electron chi connectivity index (χ2n) is 5.77. The molecule has 0 aliphatic carbocycles. The van der Waals surface area contributed by atoms with Crippen LogP contribution in [0.4, 0.5) is 14.5 Å². The molecule has 1 unspecified atom stereocenters. The summed E-state index contributed by atoms with van der Waals surface area (Å²) in [6.07, 6.45) is -2.36. The first-order chi connectivity index (χ1) is 11.5. The number of hydrogen-bond donors (Lipinski definition) is 1. The van der Waals surface area contributed by atoms with E-state index in [4.69, 9.17) is 0 Å². The number of nitrogens with zero attached hydrogens (tertiary/aromatic N) is 3. The fourth-order valence-corrected chi connectivity index (χ4v) is 2.93. The van der Waals surface area contributed by atoms with Crippen LogP contribution in [0.3, 0.4) is 0 Å². The van der Waals surface area contributed by atoms with Gasteiger partial charge in [-0.05, 0) is 32.4 Å². The normalized spacial score (nSPS) is 13.1. The van der Waals surface area contributed by atoms with Gasteiger partial charge in [0, 0.05) is 11.9 Å². The van der Waals surface area contributed by atoms with E-state index in [1.54, 1.807) is 6.07 Å². The summed E-state index contributed by atoms with van der Waals surface area (Å²) < 4.78 is 49.1. The molecular weight excluding hydrogens is 354 g/mol. The SMILES string of the molecule is Cc1ccc(NC(=O)C(C)n2nc(C(F)F)c(S(C)(=O)=O)n2)c(C)c1. The smallest absolute Gasteiger partial charge is 0.285 e. The van der Waals surface area contributed by atoms with Crippen molar-refractivity contribution >= 4 is 21.4 Å². The fourth-order valence-electron chi connectivity index (χ4n) is 2.19. The van der Waals surface area contributed by atoms with Gasteiger partial charge in [0.15, 0.2) is 15.5 Å². The van der Waals surface area contributed by atoms with Crippen LogP contribution in [0.1, 0.15) is 36.2 Å². The van der Waals surface area contributed by atoms with Crippen molar-refractivity contribution in [2.75, 3.05) is 11.6 Å². The lowest BCUT2D eigenvalue weighted by Gasteiger charge is -2.13. The van der Waals surface area contributed by atoms with Gasteiger partial charge in [-0.1, -0.05) is 17.7 Å². The summed E-state index contributed by atoms with van der Waals surface area (Å²) in [5.74, 6) is -0.553. The number of aromatic nitrogens is 3. The van der Waals surface area contributed by atoms with E-state index in [1.165, 1.54) is 6.92 Å². The van der Waals surface area contributed by atoms with Gasteiger partial charge in [0.2, 0.25) is 5.03 Å². The van der Waals surface area contributed by atoms with Crippen molar-refractivity contribution in [3.8, 4) is 0 Å². The Morgan fingerprint density at radius 1 is 1.24 bits per heavy atom. The molecule has 0 aliphatic heterocycles. The average molecular weight is 372 g/mol. The van der Waals surface area contributed by atoms with Gasteiger partial charge in [-0.3, -0.25) is 4.79 Å². The molecule has 7 nitrogen and oxygen atoms in total. The molecule has 1 heterocycles. The lowest BCUT2D eigenvalue weighted by atomic mass is 10.1. The minimum absolute atomic E-state index is 0.553. The van der Waals surface area contributed by atoms with Crippen LogP contribution in [0, 0.1) is 13.8 Å². The van der Waals surface area contributed by atoms with Crippen LogP contribution < -0.4 is 5.32 Å². The maximum absolute atomic E-state index is 13.0. The van der Waals surface area contributed by atoms with E-state index in [-0.39, 0.29) is 0 Å². The molecule has 0 radical (unpaired) electrons. The maximum atomic E-state index is 13.0. The summed E-state index contributed by atoms with van der Waals surface area (Å²) in [5.41, 5.74) is 1.46. The predicted octanol–water partition coefficient (Wildman–Crippen LogP) is 2.44. The molecule has 1 N–H and O–H groups in total. The van der Waals surface area contributed by atoms with E-state index in [2.05, 4.69) is 15.5 Å². The van der Waals surface area contributed by atoms with Crippen molar-refractivity contribution in [3.05, 3.63) is 35.0 Å². The Morgan fingerprint density at radius 2 is 1.88 bits per heavy atom. The number of aryl methyl sites for hydroxylation is 2. The van der Waals surface area contributed by atoms with Gasteiger partial charge < -0.3 is 5.32 Å². The monoisotopic (exact) mass is 372 g/mol. The van der Waals surface area contributed by atoms with Crippen LogP contribution in [0.5, 0.6) is 0 Å². The number of carbonyl (C=O) groups is 1. The molecule has 2 aromatic rings. The highest BCUT2D eigenvalue weighted by atomic mass is 32.2. The number of carbonyl (C=O) groups excluding carboxylic acids is 1. The van der Waals surface area contributed by atoms with Crippen LogP contribution in [-0.4, -0.2) is 35.6 Å². The summed E-state index contributed by atoms with van der Waals surface area (Å²) in [6, 6.07) is 4.34. The van der Waals surface area contributed by atoms with E-state index in [0.29, 0.717) is 10.5 Å². The van der Waals surface area contributed by atoms with E-state index in [9.17, 15) is 22.0 Å². The molecule has 2 rings (SSSR count). The van der Waals surface area contributed by atoms with Crippen molar-refractivity contribution < 1.29 is 22.0 Å². The zero-order valence-corrected chi connectivity index (χ0v) is 14.9. The number of alkyl halides is 2. The fraction of sp³-hybridized carbons (Fsp3) is 0.400. The second kappa shape index (κ2) is 6.87. The summed E-state index contributed by atoms with van der Waals surface area (Å²) in [7, 11) is -3.99. The molecule has 0 fully saturated rings. The van der Waals surface area contributed by atoms with Crippen LogP contribution in [-0.2, 0) is 14.6 Å². The third-order valence-corrected chi connectivity index (χ3v) is 4.54. The van der Waals surface area contributed by atoms with Gasteiger partial charge in [0.1, 0.15) is 6.04 Å². The van der Waals surface area contributed by atoms with Crippen molar-refractivity contribution in [3.63, 3.8) is 0 Å². The molecule has 0 bridgehead atoms. The maximum Gasteiger partial charge on any atom is 0.285 e. The molecule has 10 heteroatoms. The lowest BCUT2D eigenvalue weighted by Crippen LogP contribution is -2.26. The summed E-state index contributed by atoms with van der Waals surface area (Å²) in [6.45, 7) is 5.11. The molecule has 1 atom stereocenters. The number of nitrogens with one attached hydrogen (secondary N) is 1. The van der Waals surface area contributed by atoms with Gasteiger partial charge in [0.05, 0.1) is 0 Å². The average Bonchev–Trinajstić information content (AvgIpc) is 2.94. The lowest BCUT2D eigenvalue weighted by molar-refractivity contribution is -0.119. The first kappa shape index (κ1) is 19.0. The second-order valence-corrected chi connectivity index (χ2v) is 7.70. The van der Waals surface area contributed by atoms with E-state index in [1.807, 2.05) is 26.0 Å². The molecule has 0 aliphatic rings. The minimum Gasteiger partial charge on any atom is -0.324 e. The van der Waals surface area contributed by atoms with Crippen LogP contribution in [0.25, 0.3) is 0 Å². The van der Waals surface area contributed by atoms with Crippen molar-refractivity contribution in [2.45, 2.75) is 38.3 Å². The summed E-state index contributed by atoms with van der Waals surface area (Å²) in [5, 5.41) is 8.90. The van der Waals surface area contributed by atoms with Gasteiger partial charge in [-0.15, -0.1) is 5.10 Å². The Labute approximate surface area is 144 Å². The molecule has 1 aromatic carbocycles. The largest absolute Gasteiger partial charge is 0.324 e. The van der Waals surface area contributed by atoms with Crippen LogP contribution in [0.2, 0.25) is 0 Å². The molecule has 0 saturated carbocycles. The van der Waals surface area contributed by atoms with E-state index in [0.717, 1.165) is 17.4 Å². The summed E-state index contributed by atoms with van der Waals surface area (Å²) >= 11 is 0. The summed E-state index contributed by atoms with van der Waals surface area (Å²) in [4.78, 5) is 13.0. The molecule has 0 spiro atoms. The van der Waals surface area contributed by atoms with Crippen molar-refractivity contribution in [1.82, 2.24) is 15.0 Å². The minimum atomic E-state index is -3.99. The zero-order valence-electron chi connectivity index (χ0n) is 14.1. The third-order valence-electron chi connectivity index (χ3n) is 3.55. The third kappa shape index (κ3) is 4.19. The molecular formula is C15H18F2N4O3S. The highest BCUT2D eigenvalue weighted by Crippen LogP contribution is 2.24. The van der Waals surface area contributed by atoms with Crippen LogP contribution >= 0.6 is 0 Å². The van der Waals surface area contributed by atoms with Gasteiger partial charge in [-0.2, -0.15) is 9.90 Å². The Bertz CT molecular complexity index is 909. The molecule has 25 heavy (non-hydrogen) atoms. The predicted molar refractivity (Wildman–Crippen MR) is 87.3 cm³/mol. The number of halogens is 2. The highest BCUT2D eigenvalue weighted by molar-refractivity contribution is 7.90. The Hall–Kier alpha value is -2.36. The molecule has 1 aromatic heterocycles. The van der Waals surface area contributed by atoms with Gasteiger partial charge >= 0.3 is 0 Å². The van der Waals surface area contributed by atoms with Gasteiger partial charge in [0.25, 0.3) is 12.3 Å². The van der Waals surface area contributed by atoms with Crippen molar-refractivity contribution in [1.29, 1.82) is 0 Å². The highest BCUT2D eigenvalue weighted by Gasteiger charge is 2.29. The number of rotatable bonds is 5. The topological polar surface area (TPSA) is 94.0 Å². The molecule has 1 amide bonds. The molecule has 0 saturated heterocycles. The zero-order chi connectivity index (χ0) is 18.9. The first-order valence-corrected chi connectivity index (χ1v) is 9.23.